The molecule has 1 heterocycles. The van der Waals surface area contributed by atoms with Crippen LogP contribution >= 0.6 is 15.9 Å². The minimum absolute atomic E-state index is 0.493. The summed E-state index contributed by atoms with van der Waals surface area (Å²) in [5, 5.41) is 4.33. The third kappa shape index (κ3) is 2.31. The smallest absolute Gasteiger partial charge is 0.0905 e. The van der Waals surface area contributed by atoms with Crippen LogP contribution in [0, 0.1) is 5.92 Å². The van der Waals surface area contributed by atoms with E-state index >= 15 is 0 Å². The van der Waals surface area contributed by atoms with Gasteiger partial charge in [0.1, 0.15) is 0 Å². The number of rotatable bonds is 3. The zero-order valence-corrected chi connectivity index (χ0v) is 9.93. The van der Waals surface area contributed by atoms with Gasteiger partial charge in [0.25, 0.3) is 0 Å². The van der Waals surface area contributed by atoms with Crippen molar-refractivity contribution in [3.63, 3.8) is 0 Å². The van der Waals surface area contributed by atoms with Crippen molar-refractivity contribution in [1.82, 2.24) is 9.78 Å². The fraction of sp³-hybridized carbons (Fsp3) is 0.667. The van der Waals surface area contributed by atoms with E-state index in [1.807, 2.05) is 11.7 Å². The summed E-state index contributed by atoms with van der Waals surface area (Å²) < 4.78 is 2.98. The quantitative estimate of drug-likeness (QED) is 0.884. The molecular weight excluding hydrogens is 230 g/mol. The van der Waals surface area contributed by atoms with Crippen molar-refractivity contribution >= 4 is 15.9 Å². The molecule has 0 unspecified atom stereocenters. The molecule has 0 amide bonds. The molecule has 0 atom stereocenters. The third-order valence-corrected chi connectivity index (χ3v) is 2.88. The lowest BCUT2D eigenvalue weighted by molar-refractivity contribution is 0.592. The molecule has 0 aliphatic heterocycles. The summed E-state index contributed by atoms with van der Waals surface area (Å²) in [6.45, 7) is 4.88. The zero-order valence-electron chi connectivity index (χ0n) is 8.34. The van der Waals surface area contributed by atoms with Crippen LogP contribution in [0.3, 0.4) is 0 Å². The second-order valence-corrected chi connectivity index (χ2v) is 4.43. The zero-order chi connectivity index (χ0) is 10.0. The molecule has 3 nitrogen and oxygen atoms in total. The van der Waals surface area contributed by atoms with Gasteiger partial charge in [0.2, 0.25) is 0 Å². The number of aryl methyl sites for hydroxylation is 1. The van der Waals surface area contributed by atoms with E-state index in [0.717, 1.165) is 16.6 Å². The summed E-state index contributed by atoms with van der Waals surface area (Å²) in [5.74, 6) is 0.636. The number of aromatic nitrogens is 2. The first-order valence-corrected chi connectivity index (χ1v) is 5.25. The van der Waals surface area contributed by atoms with Gasteiger partial charge in [-0.05, 0) is 28.3 Å². The third-order valence-electron chi connectivity index (χ3n) is 1.96. The van der Waals surface area contributed by atoms with Gasteiger partial charge >= 0.3 is 0 Å². The van der Waals surface area contributed by atoms with E-state index in [9.17, 15) is 0 Å². The van der Waals surface area contributed by atoms with Crippen LogP contribution in [0.15, 0.2) is 4.47 Å². The maximum Gasteiger partial charge on any atom is 0.0905 e. The molecule has 4 heteroatoms. The van der Waals surface area contributed by atoms with Crippen LogP contribution in [0.5, 0.6) is 0 Å². The van der Waals surface area contributed by atoms with Crippen molar-refractivity contribution in [2.75, 3.05) is 0 Å². The van der Waals surface area contributed by atoms with Crippen molar-refractivity contribution in [3.8, 4) is 0 Å². The molecule has 0 aromatic carbocycles. The summed E-state index contributed by atoms with van der Waals surface area (Å²) in [6, 6.07) is 0. The maximum absolute atomic E-state index is 5.56. The summed E-state index contributed by atoms with van der Waals surface area (Å²) >= 11 is 3.53. The van der Waals surface area contributed by atoms with Gasteiger partial charge in [0.05, 0.1) is 15.9 Å². The van der Waals surface area contributed by atoms with E-state index in [1.54, 1.807) is 0 Å². The standard InChI is InChI=1S/C9H16BrN3/c1-6(2)4-8-9(10)7(5-11)12-13(8)3/h6H,4-5,11H2,1-3H3. The van der Waals surface area contributed by atoms with Crippen LogP contribution in [-0.4, -0.2) is 9.78 Å². The molecular formula is C9H16BrN3. The van der Waals surface area contributed by atoms with Gasteiger partial charge in [0.15, 0.2) is 0 Å². The first kappa shape index (κ1) is 10.7. The highest BCUT2D eigenvalue weighted by Gasteiger charge is 2.13. The fourth-order valence-electron chi connectivity index (χ4n) is 1.33. The van der Waals surface area contributed by atoms with Gasteiger partial charge in [-0.3, -0.25) is 4.68 Å². The summed E-state index contributed by atoms with van der Waals surface area (Å²) in [4.78, 5) is 0. The molecule has 0 saturated carbocycles. The normalized spacial score (nSPS) is 11.2. The van der Waals surface area contributed by atoms with Crippen LogP contribution in [0.2, 0.25) is 0 Å². The predicted molar refractivity (Wildman–Crippen MR) is 57.3 cm³/mol. The number of halogens is 1. The number of nitrogens with zero attached hydrogens (tertiary/aromatic N) is 2. The van der Waals surface area contributed by atoms with Gasteiger partial charge in [-0.2, -0.15) is 5.10 Å². The van der Waals surface area contributed by atoms with Gasteiger partial charge in [-0.15, -0.1) is 0 Å². The van der Waals surface area contributed by atoms with Gasteiger partial charge in [0, 0.05) is 13.6 Å². The second kappa shape index (κ2) is 4.24. The predicted octanol–water partition coefficient (Wildman–Crippen LogP) is 1.84. The van der Waals surface area contributed by atoms with Crippen LogP contribution in [0.25, 0.3) is 0 Å². The minimum atomic E-state index is 0.493. The highest BCUT2D eigenvalue weighted by atomic mass is 79.9. The molecule has 0 aliphatic carbocycles. The van der Waals surface area contributed by atoms with Crippen molar-refractivity contribution < 1.29 is 0 Å². The molecule has 1 aromatic rings. The Balaban J connectivity index is 2.98. The van der Waals surface area contributed by atoms with Crippen LogP contribution in [0.4, 0.5) is 0 Å². The summed E-state index contributed by atoms with van der Waals surface area (Å²) in [5.41, 5.74) is 7.73. The van der Waals surface area contributed by atoms with Crippen LogP contribution in [-0.2, 0) is 20.0 Å². The van der Waals surface area contributed by atoms with Crippen LogP contribution < -0.4 is 5.73 Å². The Morgan fingerprint density at radius 1 is 1.54 bits per heavy atom. The first-order valence-electron chi connectivity index (χ1n) is 4.46. The molecule has 2 N–H and O–H groups in total. The molecule has 1 aromatic heterocycles. The Morgan fingerprint density at radius 2 is 2.15 bits per heavy atom. The summed E-state index contributed by atoms with van der Waals surface area (Å²) in [7, 11) is 1.96. The lowest BCUT2D eigenvalue weighted by atomic mass is 10.1. The molecule has 0 spiro atoms. The van der Waals surface area contributed by atoms with E-state index in [1.165, 1.54) is 5.69 Å². The average Bonchev–Trinajstić information content (AvgIpc) is 2.31. The number of nitrogens with two attached hydrogens (primary N) is 1. The molecule has 0 fully saturated rings. The maximum atomic E-state index is 5.56. The van der Waals surface area contributed by atoms with E-state index < -0.39 is 0 Å². The lowest BCUT2D eigenvalue weighted by Gasteiger charge is -2.05. The molecule has 1 rings (SSSR count). The van der Waals surface area contributed by atoms with Gasteiger partial charge < -0.3 is 5.73 Å². The average molecular weight is 246 g/mol. The molecule has 13 heavy (non-hydrogen) atoms. The Labute approximate surface area is 87.4 Å². The van der Waals surface area contributed by atoms with E-state index in [-0.39, 0.29) is 0 Å². The molecule has 0 bridgehead atoms. The topological polar surface area (TPSA) is 43.8 Å². The Hall–Kier alpha value is -0.350. The second-order valence-electron chi connectivity index (χ2n) is 3.63. The number of hydrogen-bond donors (Lipinski definition) is 1. The monoisotopic (exact) mass is 245 g/mol. The molecule has 74 valence electrons. The molecule has 0 saturated heterocycles. The van der Waals surface area contributed by atoms with E-state index in [0.29, 0.717) is 12.5 Å². The molecule has 0 aliphatic rings. The largest absolute Gasteiger partial charge is 0.325 e. The van der Waals surface area contributed by atoms with Crippen molar-refractivity contribution in [2.45, 2.75) is 26.8 Å². The fourth-order valence-corrected chi connectivity index (χ4v) is 1.99. The Bertz CT molecular complexity index is 291. The highest BCUT2D eigenvalue weighted by Crippen LogP contribution is 2.22. The SMILES string of the molecule is CC(C)Cc1c(Br)c(CN)nn1C. The minimum Gasteiger partial charge on any atom is -0.325 e. The van der Waals surface area contributed by atoms with E-state index in [4.69, 9.17) is 5.73 Å². The number of hydrogen-bond acceptors (Lipinski definition) is 2. The first-order chi connectivity index (χ1) is 6.06. The van der Waals surface area contributed by atoms with Crippen molar-refractivity contribution in [2.24, 2.45) is 18.7 Å². The van der Waals surface area contributed by atoms with Gasteiger partial charge in [-0.1, -0.05) is 13.8 Å². The molecule has 0 radical (unpaired) electrons. The lowest BCUT2D eigenvalue weighted by Crippen LogP contribution is -2.02. The van der Waals surface area contributed by atoms with E-state index in [2.05, 4.69) is 34.9 Å². The Kier molecular flexibility index (Phi) is 3.50. The van der Waals surface area contributed by atoms with Crippen molar-refractivity contribution in [3.05, 3.63) is 15.9 Å². The van der Waals surface area contributed by atoms with Gasteiger partial charge in [-0.25, -0.2) is 0 Å². The highest BCUT2D eigenvalue weighted by molar-refractivity contribution is 9.10. The Morgan fingerprint density at radius 3 is 2.54 bits per heavy atom. The van der Waals surface area contributed by atoms with Crippen LogP contribution in [0.1, 0.15) is 25.2 Å². The summed E-state index contributed by atoms with van der Waals surface area (Å²) in [6.07, 6.45) is 1.03. The van der Waals surface area contributed by atoms with Crippen molar-refractivity contribution in [1.29, 1.82) is 0 Å².